The molecule has 1 aliphatic carbocycles. The SMILES string of the molecule is CC1CCCC(N(C)C(=O)c2csc(C#CCCO)c2)C1. The summed E-state index contributed by atoms with van der Waals surface area (Å²) in [7, 11) is 1.92. The summed E-state index contributed by atoms with van der Waals surface area (Å²) in [4.78, 5) is 15.3. The van der Waals surface area contributed by atoms with Crippen LogP contribution in [0.25, 0.3) is 0 Å². The van der Waals surface area contributed by atoms with Crippen LogP contribution in [-0.4, -0.2) is 35.6 Å². The molecule has 0 saturated heterocycles. The van der Waals surface area contributed by atoms with E-state index >= 15 is 0 Å². The molecule has 1 aromatic heterocycles. The fourth-order valence-electron chi connectivity index (χ4n) is 2.84. The van der Waals surface area contributed by atoms with Gasteiger partial charge >= 0.3 is 0 Å². The Bertz CT molecular complexity index is 540. The number of amides is 1. The van der Waals surface area contributed by atoms with Crippen molar-refractivity contribution in [3.05, 3.63) is 21.9 Å². The zero-order valence-corrected chi connectivity index (χ0v) is 13.6. The molecule has 2 atom stereocenters. The second-order valence-electron chi connectivity index (χ2n) is 5.82. The second-order valence-corrected chi connectivity index (χ2v) is 6.73. The highest BCUT2D eigenvalue weighted by Crippen LogP contribution is 2.28. The van der Waals surface area contributed by atoms with Gasteiger partial charge in [0.1, 0.15) is 0 Å². The molecule has 21 heavy (non-hydrogen) atoms. The molecule has 1 saturated carbocycles. The molecule has 0 spiro atoms. The molecule has 0 bridgehead atoms. The normalized spacial score (nSPS) is 21.5. The highest BCUT2D eigenvalue weighted by molar-refractivity contribution is 7.10. The van der Waals surface area contributed by atoms with Crippen molar-refractivity contribution in [2.75, 3.05) is 13.7 Å². The van der Waals surface area contributed by atoms with E-state index in [1.165, 1.54) is 24.2 Å². The highest BCUT2D eigenvalue weighted by Gasteiger charge is 2.26. The first-order valence-electron chi connectivity index (χ1n) is 7.57. The lowest BCUT2D eigenvalue weighted by Crippen LogP contribution is -2.39. The third-order valence-corrected chi connectivity index (χ3v) is 4.92. The van der Waals surface area contributed by atoms with Gasteiger partial charge in [0.15, 0.2) is 0 Å². The molecular weight excluding hydrogens is 282 g/mol. The summed E-state index contributed by atoms with van der Waals surface area (Å²) >= 11 is 1.49. The van der Waals surface area contributed by atoms with Gasteiger partial charge in [0, 0.05) is 24.9 Å². The number of carbonyl (C=O) groups is 1. The maximum absolute atomic E-state index is 12.5. The van der Waals surface area contributed by atoms with Crippen molar-refractivity contribution in [3.63, 3.8) is 0 Å². The van der Waals surface area contributed by atoms with Gasteiger partial charge in [0.2, 0.25) is 0 Å². The fourth-order valence-corrected chi connectivity index (χ4v) is 3.59. The number of carbonyl (C=O) groups excluding carboxylic acids is 1. The van der Waals surface area contributed by atoms with E-state index in [1.807, 2.05) is 23.4 Å². The molecule has 0 radical (unpaired) electrons. The molecule has 4 heteroatoms. The Morgan fingerprint density at radius 2 is 2.33 bits per heavy atom. The van der Waals surface area contributed by atoms with Crippen LogP contribution in [0.5, 0.6) is 0 Å². The van der Waals surface area contributed by atoms with Gasteiger partial charge in [-0.2, -0.15) is 0 Å². The Morgan fingerprint density at radius 3 is 3.05 bits per heavy atom. The Balaban J connectivity index is 2.01. The predicted molar refractivity (Wildman–Crippen MR) is 86.4 cm³/mol. The van der Waals surface area contributed by atoms with Crippen molar-refractivity contribution in [3.8, 4) is 11.8 Å². The monoisotopic (exact) mass is 305 g/mol. The zero-order chi connectivity index (χ0) is 15.2. The fraction of sp³-hybridized carbons (Fsp3) is 0.588. The average Bonchev–Trinajstić information content (AvgIpc) is 2.95. The van der Waals surface area contributed by atoms with Gasteiger partial charge in [-0.05, 0) is 24.8 Å². The van der Waals surface area contributed by atoms with E-state index in [-0.39, 0.29) is 12.5 Å². The lowest BCUT2D eigenvalue weighted by atomic mass is 9.86. The van der Waals surface area contributed by atoms with Crippen LogP contribution in [0.1, 0.15) is 54.3 Å². The van der Waals surface area contributed by atoms with Crippen LogP contribution in [0.15, 0.2) is 11.4 Å². The molecule has 2 rings (SSSR count). The smallest absolute Gasteiger partial charge is 0.254 e. The van der Waals surface area contributed by atoms with Crippen LogP contribution in [0, 0.1) is 17.8 Å². The Morgan fingerprint density at radius 1 is 1.52 bits per heavy atom. The van der Waals surface area contributed by atoms with E-state index in [1.54, 1.807) is 0 Å². The Kier molecular flexibility index (Phi) is 5.84. The van der Waals surface area contributed by atoms with Crippen molar-refractivity contribution in [2.45, 2.75) is 45.1 Å². The number of nitrogens with zero attached hydrogens (tertiary/aromatic N) is 1. The van der Waals surface area contributed by atoms with Gasteiger partial charge in [0.25, 0.3) is 5.91 Å². The summed E-state index contributed by atoms with van der Waals surface area (Å²) in [5, 5.41) is 10.6. The van der Waals surface area contributed by atoms with Crippen LogP contribution in [0.3, 0.4) is 0 Å². The molecule has 1 N–H and O–H groups in total. The molecule has 0 aliphatic heterocycles. The third kappa shape index (κ3) is 4.33. The molecule has 1 aliphatic rings. The third-order valence-electron chi connectivity index (χ3n) is 4.07. The Labute approximate surface area is 131 Å². The number of thiophene rings is 1. The first kappa shape index (κ1) is 16.1. The second kappa shape index (κ2) is 7.63. The molecule has 114 valence electrons. The largest absolute Gasteiger partial charge is 0.395 e. The summed E-state index contributed by atoms with van der Waals surface area (Å²) in [5.41, 5.74) is 0.731. The van der Waals surface area contributed by atoms with Crippen molar-refractivity contribution in [1.82, 2.24) is 4.90 Å². The predicted octanol–water partition coefficient (Wildman–Crippen LogP) is 3.13. The van der Waals surface area contributed by atoms with Crippen LogP contribution in [-0.2, 0) is 0 Å². The number of aliphatic hydroxyl groups is 1. The van der Waals surface area contributed by atoms with E-state index in [9.17, 15) is 4.79 Å². The first-order chi connectivity index (χ1) is 10.1. The molecule has 3 nitrogen and oxygen atoms in total. The van der Waals surface area contributed by atoms with Gasteiger partial charge in [-0.3, -0.25) is 4.79 Å². The van der Waals surface area contributed by atoms with Gasteiger partial charge in [0.05, 0.1) is 17.0 Å². The number of hydrogen-bond donors (Lipinski definition) is 1. The lowest BCUT2D eigenvalue weighted by Gasteiger charge is -2.34. The van der Waals surface area contributed by atoms with E-state index in [2.05, 4.69) is 18.8 Å². The minimum Gasteiger partial charge on any atom is -0.395 e. The molecule has 1 fully saturated rings. The zero-order valence-electron chi connectivity index (χ0n) is 12.8. The molecular formula is C17H23NO2S. The van der Waals surface area contributed by atoms with Crippen LogP contribution in [0.4, 0.5) is 0 Å². The standard InChI is InChI=1S/C17H23NO2S/c1-13-6-5-7-15(10-13)18(2)17(20)14-11-16(21-12-14)8-3-4-9-19/h11-13,15,19H,4-7,9-10H2,1-2H3. The van der Waals surface area contributed by atoms with E-state index in [4.69, 9.17) is 5.11 Å². The molecule has 2 unspecified atom stereocenters. The van der Waals surface area contributed by atoms with Gasteiger partial charge in [-0.25, -0.2) is 0 Å². The average molecular weight is 305 g/mol. The summed E-state index contributed by atoms with van der Waals surface area (Å²) in [5.74, 6) is 6.68. The number of hydrogen-bond acceptors (Lipinski definition) is 3. The maximum atomic E-state index is 12.5. The minimum atomic E-state index is 0.0762. The molecule has 1 amide bonds. The van der Waals surface area contributed by atoms with Crippen molar-refractivity contribution >= 4 is 17.2 Å². The molecule has 0 aromatic carbocycles. The summed E-state index contributed by atoms with van der Waals surface area (Å²) in [6.07, 6.45) is 5.18. The van der Waals surface area contributed by atoms with Gasteiger partial charge in [-0.15, -0.1) is 11.3 Å². The van der Waals surface area contributed by atoms with E-state index in [0.29, 0.717) is 18.4 Å². The van der Waals surface area contributed by atoms with Crippen molar-refractivity contribution < 1.29 is 9.90 Å². The first-order valence-corrected chi connectivity index (χ1v) is 8.45. The van der Waals surface area contributed by atoms with Gasteiger partial charge in [-0.1, -0.05) is 31.6 Å². The van der Waals surface area contributed by atoms with E-state index < -0.39 is 0 Å². The highest BCUT2D eigenvalue weighted by atomic mass is 32.1. The Hall–Kier alpha value is -1.31. The lowest BCUT2D eigenvalue weighted by molar-refractivity contribution is 0.0673. The topological polar surface area (TPSA) is 40.5 Å². The quantitative estimate of drug-likeness (QED) is 0.872. The van der Waals surface area contributed by atoms with Crippen molar-refractivity contribution in [2.24, 2.45) is 5.92 Å². The van der Waals surface area contributed by atoms with Crippen molar-refractivity contribution in [1.29, 1.82) is 0 Å². The minimum absolute atomic E-state index is 0.0762. The van der Waals surface area contributed by atoms with Gasteiger partial charge < -0.3 is 10.0 Å². The summed E-state index contributed by atoms with van der Waals surface area (Å²) in [6.45, 7) is 2.34. The number of rotatable bonds is 3. The molecule has 1 heterocycles. The van der Waals surface area contributed by atoms with Crippen LogP contribution < -0.4 is 0 Å². The molecule has 1 aromatic rings. The maximum Gasteiger partial charge on any atom is 0.254 e. The summed E-state index contributed by atoms with van der Waals surface area (Å²) in [6, 6.07) is 2.23. The number of aliphatic hydroxyl groups excluding tert-OH is 1. The van der Waals surface area contributed by atoms with Crippen LogP contribution in [0.2, 0.25) is 0 Å². The summed E-state index contributed by atoms with van der Waals surface area (Å²) < 4.78 is 0. The van der Waals surface area contributed by atoms with E-state index in [0.717, 1.165) is 23.3 Å². The van der Waals surface area contributed by atoms with Crippen LogP contribution >= 0.6 is 11.3 Å².